The molecule has 2 aromatic heterocycles. The predicted molar refractivity (Wildman–Crippen MR) is 102 cm³/mol. The molecule has 0 radical (unpaired) electrons. The number of halogens is 1. The maximum atomic E-state index is 13.3. The van der Waals surface area contributed by atoms with E-state index in [1.807, 2.05) is 23.9 Å². The first-order valence-corrected chi connectivity index (χ1v) is 10.7. The van der Waals surface area contributed by atoms with Crippen molar-refractivity contribution in [3.8, 4) is 11.3 Å². The Labute approximate surface area is 156 Å². The number of fused-ring (bicyclic) bond motifs is 1. The van der Waals surface area contributed by atoms with Crippen molar-refractivity contribution in [1.82, 2.24) is 9.29 Å². The maximum absolute atomic E-state index is 13.3. The normalized spacial score (nSPS) is 17.0. The first-order valence-electron chi connectivity index (χ1n) is 7.97. The van der Waals surface area contributed by atoms with Crippen molar-refractivity contribution in [3.05, 3.63) is 63.4 Å². The van der Waals surface area contributed by atoms with Gasteiger partial charge in [0.2, 0.25) is 0 Å². The van der Waals surface area contributed by atoms with Crippen molar-refractivity contribution >= 4 is 33.0 Å². The van der Waals surface area contributed by atoms with E-state index in [1.165, 1.54) is 10.0 Å². The molecule has 0 saturated heterocycles. The van der Waals surface area contributed by atoms with Crippen LogP contribution in [0.15, 0.2) is 52.2 Å². The second-order valence-corrected chi connectivity index (χ2v) is 9.09. The summed E-state index contributed by atoms with van der Waals surface area (Å²) in [7, 11) is -1.81. The number of hydrogen-bond donors (Lipinski definition) is 1. The zero-order chi connectivity index (χ0) is 17.6. The summed E-state index contributed by atoms with van der Waals surface area (Å²) >= 11 is 7.58. The van der Waals surface area contributed by atoms with E-state index in [4.69, 9.17) is 11.6 Å². The van der Waals surface area contributed by atoms with Gasteiger partial charge in [-0.1, -0.05) is 17.7 Å². The second kappa shape index (κ2) is 6.29. The lowest BCUT2D eigenvalue weighted by molar-refractivity contribution is 0.579. The van der Waals surface area contributed by atoms with Gasteiger partial charge in [-0.05, 0) is 60.7 Å². The van der Waals surface area contributed by atoms with Gasteiger partial charge in [0.15, 0.2) is 0 Å². The molecule has 0 fully saturated rings. The van der Waals surface area contributed by atoms with E-state index < -0.39 is 10.0 Å². The van der Waals surface area contributed by atoms with Crippen LogP contribution in [0.2, 0.25) is 5.02 Å². The Morgan fingerprint density at radius 2 is 2.16 bits per heavy atom. The van der Waals surface area contributed by atoms with Crippen molar-refractivity contribution < 1.29 is 8.42 Å². The van der Waals surface area contributed by atoms with Crippen LogP contribution >= 0.6 is 22.9 Å². The van der Waals surface area contributed by atoms with E-state index in [0.29, 0.717) is 5.02 Å². The first-order chi connectivity index (χ1) is 12.0. The van der Waals surface area contributed by atoms with E-state index >= 15 is 0 Å². The van der Waals surface area contributed by atoms with E-state index in [9.17, 15) is 8.42 Å². The third kappa shape index (κ3) is 2.73. The molecule has 1 N–H and O–H groups in total. The van der Waals surface area contributed by atoms with Crippen LogP contribution in [0.25, 0.3) is 11.3 Å². The number of nitrogens with one attached hydrogen (secondary N) is 1. The fourth-order valence-corrected chi connectivity index (χ4v) is 5.83. The summed E-state index contributed by atoms with van der Waals surface area (Å²) in [5.74, 6) is 0. The fraction of sp³-hybridized carbons (Fsp3) is 0.222. The average molecular weight is 393 g/mol. The van der Waals surface area contributed by atoms with Gasteiger partial charge in [0.1, 0.15) is 0 Å². The summed E-state index contributed by atoms with van der Waals surface area (Å²) in [5.41, 5.74) is 3.89. The molecule has 130 valence electrons. The Bertz CT molecular complexity index is 1020. The summed E-state index contributed by atoms with van der Waals surface area (Å²) in [5, 5.41) is 7.65. The fourth-order valence-electron chi connectivity index (χ4n) is 3.48. The zero-order valence-corrected chi connectivity index (χ0v) is 16.0. The average Bonchev–Trinajstić information content (AvgIpc) is 3.30. The van der Waals surface area contributed by atoms with Crippen LogP contribution in [-0.4, -0.2) is 19.4 Å². The van der Waals surface area contributed by atoms with Crippen LogP contribution in [0.5, 0.6) is 0 Å². The molecule has 0 bridgehead atoms. The topological polar surface area (TPSA) is 51.1 Å². The zero-order valence-electron chi connectivity index (χ0n) is 13.6. The monoisotopic (exact) mass is 392 g/mol. The van der Waals surface area contributed by atoms with E-state index in [0.717, 1.165) is 35.2 Å². The van der Waals surface area contributed by atoms with Gasteiger partial charge in [-0.2, -0.15) is 11.3 Å². The van der Waals surface area contributed by atoms with Crippen LogP contribution in [0.1, 0.15) is 23.6 Å². The summed E-state index contributed by atoms with van der Waals surface area (Å²) in [4.78, 5) is 0.200. The molecular weight excluding hydrogens is 376 g/mol. The number of hydrogen-bond acceptors (Lipinski definition) is 4. The maximum Gasteiger partial charge on any atom is 0.268 e. The molecule has 3 aromatic rings. The summed E-state index contributed by atoms with van der Waals surface area (Å²) in [6.45, 7) is 0. The van der Waals surface area contributed by atoms with Crippen molar-refractivity contribution in [2.75, 3.05) is 7.05 Å². The molecule has 7 heteroatoms. The van der Waals surface area contributed by atoms with Crippen molar-refractivity contribution in [2.24, 2.45) is 0 Å². The van der Waals surface area contributed by atoms with Gasteiger partial charge >= 0.3 is 0 Å². The number of thiophene rings is 1. The molecule has 1 unspecified atom stereocenters. The third-order valence-corrected chi connectivity index (χ3v) is 7.24. The highest BCUT2D eigenvalue weighted by atomic mass is 35.5. The van der Waals surface area contributed by atoms with Crippen LogP contribution in [0.3, 0.4) is 0 Å². The Morgan fingerprint density at radius 3 is 2.84 bits per heavy atom. The van der Waals surface area contributed by atoms with Crippen LogP contribution < -0.4 is 5.32 Å². The van der Waals surface area contributed by atoms with Crippen molar-refractivity contribution in [3.63, 3.8) is 0 Å². The minimum atomic E-state index is -3.72. The Hall–Kier alpha value is -1.60. The van der Waals surface area contributed by atoms with Crippen LogP contribution in [0.4, 0.5) is 0 Å². The molecule has 0 spiro atoms. The highest BCUT2D eigenvalue weighted by molar-refractivity contribution is 7.90. The number of benzene rings is 1. The van der Waals surface area contributed by atoms with Gasteiger partial charge in [-0.3, -0.25) is 0 Å². The Morgan fingerprint density at radius 1 is 1.32 bits per heavy atom. The molecule has 4 rings (SSSR count). The van der Waals surface area contributed by atoms with Gasteiger partial charge in [0, 0.05) is 28.2 Å². The summed E-state index contributed by atoms with van der Waals surface area (Å²) in [6.07, 6.45) is 3.62. The summed E-state index contributed by atoms with van der Waals surface area (Å²) < 4.78 is 28.0. The highest BCUT2D eigenvalue weighted by Gasteiger charge is 2.32. The first kappa shape index (κ1) is 16.8. The lowest BCUT2D eigenvalue weighted by Crippen LogP contribution is -2.15. The van der Waals surface area contributed by atoms with Gasteiger partial charge in [-0.15, -0.1) is 0 Å². The van der Waals surface area contributed by atoms with Crippen molar-refractivity contribution in [1.29, 1.82) is 0 Å². The molecule has 25 heavy (non-hydrogen) atoms. The van der Waals surface area contributed by atoms with E-state index in [2.05, 4.69) is 5.32 Å². The molecule has 2 heterocycles. The van der Waals surface area contributed by atoms with Crippen molar-refractivity contribution in [2.45, 2.75) is 23.8 Å². The summed E-state index contributed by atoms with van der Waals surface area (Å²) in [6, 6.07) is 8.56. The lowest BCUT2D eigenvalue weighted by atomic mass is 10.1. The molecular formula is C18H17ClN2O2S2. The quantitative estimate of drug-likeness (QED) is 0.719. The predicted octanol–water partition coefficient (Wildman–Crippen LogP) is 4.31. The standard InChI is InChI=1S/C18H17ClN2O2S2/c1-20-17-6-5-15-16(17)10-21(18(15)12-7-8-24-11-12)25(22,23)14-4-2-3-13(19)9-14/h2-4,7-11,17,20H,5-6H2,1H3. The SMILES string of the molecule is CNC1CCc2c1cn(S(=O)(=O)c1cccc(Cl)c1)c2-c1ccsc1. The van der Waals surface area contributed by atoms with E-state index in [-0.39, 0.29) is 10.9 Å². The number of rotatable bonds is 4. The Kier molecular flexibility index (Phi) is 4.24. The molecule has 0 saturated carbocycles. The molecule has 1 aliphatic rings. The number of nitrogens with zero attached hydrogens (tertiary/aromatic N) is 1. The third-order valence-electron chi connectivity index (χ3n) is 4.67. The van der Waals surface area contributed by atoms with Gasteiger partial charge in [0.05, 0.1) is 10.6 Å². The Balaban J connectivity index is 1.96. The molecule has 0 amide bonds. The molecule has 1 aliphatic carbocycles. The van der Waals surface area contributed by atoms with Gasteiger partial charge in [-0.25, -0.2) is 12.4 Å². The molecule has 4 nitrogen and oxygen atoms in total. The van der Waals surface area contributed by atoms with Crippen LogP contribution in [0, 0.1) is 0 Å². The van der Waals surface area contributed by atoms with Gasteiger partial charge < -0.3 is 5.32 Å². The minimum Gasteiger partial charge on any atom is -0.313 e. The lowest BCUT2D eigenvalue weighted by Gasteiger charge is -2.12. The van der Waals surface area contributed by atoms with Crippen LogP contribution in [-0.2, 0) is 16.4 Å². The van der Waals surface area contributed by atoms with E-state index in [1.54, 1.807) is 35.7 Å². The second-order valence-electron chi connectivity index (χ2n) is 6.06. The van der Waals surface area contributed by atoms with Gasteiger partial charge in [0.25, 0.3) is 10.0 Å². The smallest absolute Gasteiger partial charge is 0.268 e. The molecule has 0 aliphatic heterocycles. The number of aromatic nitrogens is 1. The largest absolute Gasteiger partial charge is 0.313 e. The highest BCUT2D eigenvalue weighted by Crippen LogP contribution is 2.41. The molecule has 1 aromatic carbocycles. The minimum absolute atomic E-state index is 0.184. The molecule has 1 atom stereocenters.